The fourth-order valence-electron chi connectivity index (χ4n) is 2.94. The second-order valence-electron chi connectivity index (χ2n) is 6.32. The highest BCUT2D eigenvalue weighted by Gasteiger charge is 2.15. The van der Waals surface area contributed by atoms with Crippen LogP contribution < -0.4 is 16.0 Å². The molecular weight excluding hydrogens is 338 g/mol. The third kappa shape index (κ3) is 7.73. The van der Waals surface area contributed by atoms with Gasteiger partial charge in [-0.3, -0.25) is 9.79 Å². The molecule has 0 atom stereocenters. The van der Waals surface area contributed by atoms with Crippen LogP contribution in [-0.4, -0.2) is 43.0 Å². The van der Waals surface area contributed by atoms with Gasteiger partial charge in [-0.1, -0.05) is 36.9 Å². The number of hydrogen-bond donors (Lipinski definition) is 3. The monoisotopic (exact) mass is 365 g/mol. The molecule has 1 heterocycles. The minimum atomic E-state index is 0.113. The van der Waals surface area contributed by atoms with Gasteiger partial charge < -0.3 is 16.0 Å². The largest absolute Gasteiger partial charge is 0.356 e. The number of aromatic nitrogens is 1. The minimum Gasteiger partial charge on any atom is -0.356 e. The number of guanidine groups is 1. The molecule has 0 bridgehead atoms. The Balaban J connectivity index is 1.59. The van der Waals surface area contributed by atoms with E-state index in [1.54, 1.807) is 19.3 Å². The summed E-state index contributed by atoms with van der Waals surface area (Å²) in [4.78, 5) is 20.2. The molecule has 0 saturated heterocycles. The van der Waals surface area contributed by atoms with Gasteiger partial charge in [0.25, 0.3) is 0 Å². The first-order valence-corrected chi connectivity index (χ1v) is 9.39. The fraction of sp³-hybridized carbons (Fsp3) is 0.611. The molecule has 1 fully saturated rings. The van der Waals surface area contributed by atoms with E-state index < -0.39 is 0 Å². The SMILES string of the molecule is CN=C(NCCC(=O)NC1CCCCC1)NCCc1ccc(Cl)nc1. The molecule has 0 aromatic carbocycles. The van der Waals surface area contributed by atoms with Gasteiger partial charge in [0.15, 0.2) is 5.96 Å². The van der Waals surface area contributed by atoms with Crippen molar-refractivity contribution in [2.45, 2.75) is 51.0 Å². The molecule has 1 amide bonds. The van der Waals surface area contributed by atoms with Crippen LogP contribution in [0.5, 0.6) is 0 Å². The summed E-state index contributed by atoms with van der Waals surface area (Å²) in [6.45, 7) is 1.30. The van der Waals surface area contributed by atoms with Crippen molar-refractivity contribution in [1.82, 2.24) is 20.9 Å². The van der Waals surface area contributed by atoms with E-state index in [0.29, 0.717) is 30.1 Å². The topological polar surface area (TPSA) is 78.4 Å². The first-order chi connectivity index (χ1) is 12.2. The van der Waals surface area contributed by atoms with Crippen LogP contribution in [0, 0.1) is 0 Å². The normalized spacial score (nSPS) is 15.7. The number of nitrogens with zero attached hydrogens (tertiary/aromatic N) is 2. The van der Waals surface area contributed by atoms with Crippen molar-refractivity contribution >= 4 is 23.5 Å². The van der Waals surface area contributed by atoms with Crippen LogP contribution in [0.25, 0.3) is 0 Å². The van der Waals surface area contributed by atoms with Crippen LogP contribution in [0.1, 0.15) is 44.1 Å². The molecule has 0 spiro atoms. The molecular formula is C18H28ClN5O. The predicted octanol–water partition coefficient (Wildman–Crippen LogP) is 2.28. The molecule has 1 aliphatic rings. The second kappa shape index (κ2) is 10.9. The van der Waals surface area contributed by atoms with Gasteiger partial charge in [-0.05, 0) is 30.9 Å². The van der Waals surface area contributed by atoms with E-state index in [4.69, 9.17) is 11.6 Å². The van der Waals surface area contributed by atoms with Gasteiger partial charge in [0.05, 0.1) is 0 Å². The van der Waals surface area contributed by atoms with E-state index >= 15 is 0 Å². The maximum Gasteiger partial charge on any atom is 0.221 e. The third-order valence-corrected chi connectivity index (χ3v) is 4.56. The summed E-state index contributed by atoms with van der Waals surface area (Å²) in [7, 11) is 1.72. The van der Waals surface area contributed by atoms with Crippen LogP contribution in [0.15, 0.2) is 23.3 Å². The maximum atomic E-state index is 12.0. The molecule has 0 aliphatic heterocycles. The number of hydrogen-bond acceptors (Lipinski definition) is 3. The lowest BCUT2D eigenvalue weighted by molar-refractivity contribution is -0.121. The molecule has 1 aromatic heterocycles. The van der Waals surface area contributed by atoms with Crippen molar-refractivity contribution in [3.8, 4) is 0 Å². The van der Waals surface area contributed by atoms with Crippen LogP contribution in [0.4, 0.5) is 0 Å². The summed E-state index contributed by atoms with van der Waals surface area (Å²) < 4.78 is 0. The van der Waals surface area contributed by atoms with E-state index in [2.05, 4.69) is 25.9 Å². The van der Waals surface area contributed by atoms with E-state index in [1.807, 2.05) is 6.07 Å². The number of carbonyl (C=O) groups excluding carboxylic acids is 1. The average molecular weight is 366 g/mol. The van der Waals surface area contributed by atoms with Crippen molar-refractivity contribution in [2.75, 3.05) is 20.1 Å². The first kappa shape index (κ1) is 19.5. The number of amides is 1. The van der Waals surface area contributed by atoms with Crippen LogP contribution >= 0.6 is 11.6 Å². The highest BCUT2D eigenvalue weighted by Crippen LogP contribution is 2.17. The summed E-state index contributed by atoms with van der Waals surface area (Å²) in [5.74, 6) is 0.814. The van der Waals surface area contributed by atoms with Gasteiger partial charge in [-0.15, -0.1) is 0 Å². The molecule has 1 saturated carbocycles. The maximum absolute atomic E-state index is 12.0. The standard InChI is InChI=1S/C18H28ClN5O/c1-20-18(21-11-9-14-7-8-16(19)23-13-14)22-12-10-17(25)24-15-5-3-2-4-6-15/h7-8,13,15H,2-6,9-12H2,1H3,(H,24,25)(H2,20,21,22). The Morgan fingerprint density at radius 3 is 2.68 bits per heavy atom. The first-order valence-electron chi connectivity index (χ1n) is 9.01. The van der Waals surface area contributed by atoms with E-state index in [1.165, 1.54) is 19.3 Å². The molecule has 0 radical (unpaired) electrons. The number of aliphatic imine (C=N–C) groups is 1. The lowest BCUT2D eigenvalue weighted by Gasteiger charge is -2.22. The molecule has 138 valence electrons. The highest BCUT2D eigenvalue weighted by molar-refractivity contribution is 6.29. The van der Waals surface area contributed by atoms with Crippen molar-refractivity contribution in [2.24, 2.45) is 4.99 Å². The second-order valence-corrected chi connectivity index (χ2v) is 6.70. The van der Waals surface area contributed by atoms with Crippen LogP contribution in [0.2, 0.25) is 5.15 Å². The molecule has 25 heavy (non-hydrogen) atoms. The Bertz CT molecular complexity index is 555. The zero-order chi connectivity index (χ0) is 17.9. The Hall–Kier alpha value is -1.82. The summed E-state index contributed by atoms with van der Waals surface area (Å²) in [6.07, 6.45) is 9.03. The molecule has 6 nitrogen and oxygen atoms in total. The number of rotatable bonds is 7. The molecule has 7 heteroatoms. The van der Waals surface area contributed by atoms with E-state index in [0.717, 1.165) is 31.4 Å². The van der Waals surface area contributed by atoms with Crippen molar-refractivity contribution < 1.29 is 4.79 Å². The van der Waals surface area contributed by atoms with Gasteiger partial charge in [-0.2, -0.15) is 0 Å². The Morgan fingerprint density at radius 1 is 1.24 bits per heavy atom. The summed E-state index contributed by atoms with van der Waals surface area (Å²) >= 11 is 5.77. The van der Waals surface area contributed by atoms with E-state index in [-0.39, 0.29) is 5.91 Å². The lowest BCUT2D eigenvalue weighted by atomic mass is 9.95. The molecule has 3 N–H and O–H groups in total. The van der Waals surface area contributed by atoms with Gasteiger partial charge in [0, 0.05) is 38.8 Å². The fourth-order valence-corrected chi connectivity index (χ4v) is 3.05. The summed E-state index contributed by atoms with van der Waals surface area (Å²) in [5.41, 5.74) is 1.11. The smallest absolute Gasteiger partial charge is 0.221 e. The Kier molecular flexibility index (Phi) is 8.52. The van der Waals surface area contributed by atoms with Crippen LogP contribution in [-0.2, 0) is 11.2 Å². The van der Waals surface area contributed by atoms with Crippen molar-refractivity contribution in [1.29, 1.82) is 0 Å². The highest BCUT2D eigenvalue weighted by atomic mass is 35.5. The number of pyridine rings is 1. The molecule has 2 rings (SSSR count). The van der Waals surface area contributed by atoms with Gasteiger partial charge in [-0.25, -0.2) is 4.98 Å². The Labute approximate surface area is 154 Å². The zero-order valence-electron chi connectivity index (χ0n) is 14.9. The summed E-state index contributed by atoms with van der Waals surface area (Å²) in [6, 6.07) is 4.11. The number of halogens is 1. The molecule has 1 aromatic rings. The molecule has 0 unspecified atom stereocenters. The zero-order valence-corrected chi connectivity index (χ0v) is 15.6. The van der Waals surface area contributed by atoms with Gasteiger partial charge in [0.2, 0.25) is 5.91 Å². The third-order valence-electron chi connectivity index (χ3n) is 4.33. The lowest BCUT2D eigenvalue weighted by Crippen LogP contribution is -2.41. The van der Waals surface area contributed by atoms with Crippen molar-refractivity contribution in [3.05, 3.63) is 29.0 Å². The predicted molar refractivity (Wildman–Crippen MR) is 102 cm³/mol. The minimum absolute atomic E-state index is 0.113. The quantitative estimate of drug-likeness (QED) is 0.393. The van der Waals surface area contributed by atoms with E-state index in [9.17, 15) is 4.79 Å². The number of carbonyl (C=O) groups is 1. The summed E-state index contributed by atoms with van der Waals surface area (Å²) in [5, 5.41) is 10.0. The van der Waals surface area contributed by atoms with Gasteiger partial charge in [0.1, 0.15) is 5.15 Å². The van der Waals surface area contributed by atoms with Crippen molar-refractivity contribution in [3.63, 3.8) is 0 Å². The Morgan fingerprint density at radius 2 is 2.00 bits per heavy atom. The van der Waals surface area contributed by atoms with Gasteiger partial charge >= 0.3 is 0 Å². The van der Waals surface area contributed by atoms with Crippen LogP contribution in [0.3, 0.4) is 0 Å². The molecule has 1 aliphatic carbocycles. The number of nitrogens with one attached hydrogen (secondary N) is 3. The average Bonchev–Trinajstić information content (AvgIpc) is 2.63.